The van der Waals surface area contributed by atoms with E-state index in [0.29, 0.717) is 12.1 Å². The minimum atomic E-state index is -0.604. The Morgan fingerprint density at radius 1 is 1.14 bits per heavy atom. The van der Waals surface area contributed by atoms with Gasteiger partial charge in [-0.2, -0.15) is 0 Å². The first-order valence-electron chi connectivity index (χ1n) is 6.61. The van der Waals surface area contributed by atoms with Crippen molar-refractivity contribution in [3.8, 4) is 11.5 Å². The summed E-state index contributed by atoms with van der Waals surface area (Å²) in [5, 5.41) is 3.19. The standard InChI is InChI=1S/C16H16ClF2NO/c1-10(2)20-9-11-4-3-5-14(18)16(11)21-12-6-7-13(17)15(19)8-12/h3-8,10,20H,9H2,1-2H3. The molecule has 21 heavy (non-hydrogen) atoms. The average molecular weight is 312 g/mol. The van der Waals surface area contributed by atoms with E-state index >= 15 is 0 Å². The van der Waals surface area contributed by atoms with Crippen LogP contribution in [0.5, 0.6) is 11.5 Å². The molecule has 0 atom stereocenters. The van der Waals surface area contributed by atoms with Gasteiger partial charge in [-0.05, 0) is 18.2 Å². The van der Waals surface area contributed by atoms with Crippen LogP contribution >= 0.6 is 11.6 Å². The zero-order valence-corrected chi connectivity index (χ0v) is 12.5. The summed E-state index contributed by atoms with van der Waals surface area (Å²) in [7, 11) is 0. The third-order valence-corrected chi connectivity index (χ3v) is 3.17. The highest BCUT2D eigenvalue weighted by Crippen LogP contribution is 2.30. The van der Waals surface area contributed by atoms with Crippen LogP contribution in [-0.4, -0.2) is 6.04 Å². The first-order chi connectivity index (χ1) is 9.97. The highest BCUT2D eigenvalue weighted by molar-refractivity contribution is 6.30. The Balaban J connectivity index is 2.27. The average Bonchev–Trinajstić information content (AvgIpc) is 2.43. The molecule has 0 spiro atoms. The fraction of sp³-hybridized carbons (Fsp3) is 0.250. The van der Waals surface area contributed by atoms with E-state index in [1.165, 1.54) is 18.2 Å². The van der Waals surface area contributed by atoms with Crippen LogP contribution in [0.1, 0.15) is 19.4 Å². The molecule has 0 amide bonds. The summed E-state index contributed by atoms with van der Waals surface area (Å²) in [4.78, 5) is 0. The smallest absolute Gasteiger partial charge is 0.167 e. The van der Waals surface area contributed by atoms with Gasteiger partial charge in [0.1, 0.15) is 11.6 Å². The maximum atomic E-state index is 14.0. The van der Waals surface area contributed by atoms with Crippen LogP contribution in [0.4, 0.5) is 8.78 Å². The van der Waals surface area contributed by atoms with Crippen LogP contribution in [-0.2, 0) is 6.54 Å². The van der Waals surface area contributed by atoms with Gasteiger partial charge in [0.15, 0.2) is 11.6 Å². The molecule has 0 saturated carbocycles. The van der Waals surface area contributed by atoms with E-state index in [9.17, 15) is 8.78 Å². The van der Waals surface area contributed by atoms with Crippen molar-refractivity contribution in [1.29, 1.82) is 0 Å². The number of halogens is 3. The summed E-state index contributed by atoms with van der Waals surface area (Å²) in [5.74, 6) is -0.805. The maximum Gasteiger partial charge on any atom is 0.167 e. The number of ether oxygens (including phenoxy) is 1. The largest absolute Gasteiger partial charge is 0.454 e. The van der Waals surface area contributed by atoms with Crippen LogP contribution in [0, 0.1) is 11.6 Å². The SMILES string of the molecule is CC(C)NCc1cccc(F)c1Oc1ccc(Cl)c(F)c1. The second-order valence-electron chi connectivity index (χ2n) is 4.94. The minimum absolute atomic E-state index is 0.00224. The number of rotatable bonds is 5. The monoisotopic (exact) mass is 311 g/mol. The Kier molecular flexibility index (Phi) is 5.15. The lowest BCUT2D eigenvalue weighted by Crippen LogP contribution is -2.22. The fourth-order valence-corrected chi connectivity index (χ4v) is 1.90. The first kappa shape index (κ1) is 15.7. The molecular weight excluding hydrogens is 296 g/mol. The molecule has 0 radical (unpaired) electrons. The van der Waals surface area contributed by atoms with E-state index in [4.69, 9.17) is 16.3 Å². The van der Waals surface area contributed by atoms with Gasteiger partial charge in [-0.1, -0.05) is 37.6 Å². The topological polar surface area (TPSA) is 21.3 Å². The van der Waals surface area contributed by atoms with Gasteiger partial charge >= 0.3 is 0 Å². The molecule has 2 aromatic rings. The summed E-state index contributed by atoms with van der Waals surface area (Å²) in [6.07, 6.45) is 0. The molecular formula is C16H16ClF2NO. The summed E-state index contributed by atoms with van der Waals surface area (Å²) in [6, 6.07) is 8.95. The van der Waals surface area contributed by atoms with Gasteiger partial charge in [0, 0.05) is 24.2 Å². The molecule has 0 bridgehead atoms. The summed E-state index contributed by atoms with van der Waals surface area (Å²) < 4.78 is 32.9. The minimum Gasteiger partial charge on any atom is -0.454 e. The molecule has 2 nitrogen and oxygen atoms in total. The molecule has 1 N–H and O–H groups in total. The predicted octanol–water partition coefficient (Wildman–Crippen LogP) is 4.91. The van der Waals surface area contributed by atoms with E-state index in [1.807, 2.05) is 13.8 Å². The molecule has 0 aliphatic rings. The van der Waals surface area contributed by atoms with Gasteiger partial charge in [0.2, 0.25) is 0 Å². The van der Waals surface area contributed by atoms with Gasteiger partial charge in [-0.25, -0.2) is 8.78 Å². The number of para-hydroxylation sites is 1. The van der Waals surface area contributed by atoms with E-state index in [-0.39, 0.29) is 22.6 Å². The van der Waals surface area contributed by atoms with Crippen molar-refractivity contribution in [2.75, 3.05) is 0 Å². The molecule has 0 saturated heterocycles. The van der Waals surface area contributed by atoms with Crippen LogP contribution < -0.4 is 10.1 Å². The van der Waals surface area contributed by atoms with Crippen LogP contribution in [0.25, 0.3) is 0 Å². The molecule has 0 unspecified atom stereocenters. The van der Waals surface area contributed by atoms with Crippen molar-refractivity contribution in [3.05, 3.63) is 58.6 Å². The Labute approximate surface area is 127 Å². The Morgan fingerprint density at radius 3 is 2.57 bits per heavy atom. The molecule has 112 valence electrons. The van der Waals surface area contributed by atoms with E-state index in [0.717, 1.165) is 6.07 Å². The molecule has 2 aromatic carbocycles. The predicted molar refractivity (Wildman–Crippen MR) is 79.9 cm³/mol. The zero-order valence-electron chi connectivity index (χ0n) is 11.8. The van der Waals surface area contributed by atoms with Gasteiger partial charge in [-0.15, -0.1) is 0 Å². The highest BCUT2D eigenvalue weighted by atomic mass is 35.5. The van der Waals surface area contributed by atoms with Crippen molar-refractivity contribution in [1.82, 2.24) is 5.32 Å². The van der Waals surface area contributed by atoms with Crippen LogP contribution in [0.15, 0.2) is 36.4 Å². The maximum absolute atomic E-state index is 14.0. The zero-order chi connectivity index (χ0) is 15.4. The molecule has 0 aromatic heterocycles. The second-order valence-corrected chi connectivity index (χ2v) is 5.35. The lowest BCUT2D eigenvalue weighted by Gasteiger charge is -2.14. The Hall–Kier alpha value is -1.65. The summed E-state index contributed by atoms with van der Waals surface area (Å²) in [6.45, 7) is 4.45. The first-order valence-corrected chi connectivity index (χ1v) is 6.99. The number of nitrogens with one attached hydrogen (secondary N) is 1. The van der Waals surface area contributed by atoms with Crippen molar-refractivity contribution in [2.45, 2.75) is 26.4 Å². The van der Waals surface area contributed by atoms with E-state index in [2.05, 4.69) is 5.32 Å². The Morgan fingerprint density at radius 2 is 1.90 bits per heavy atom. The number of benzene rings is 2. The van der Waals surface area contributed by atoms with Crippen molar-refractivity contribution in [3.63, 3.8) is 0 Å². The van der Waals surface area contributed by atoms with Crippen molar-refractivity contribution < 1.29 is 13.5 Å². The van der Waals surface area contributed by atoms with Gasteiger partial charge < -0.3 is 10.1 Å². The Bertz CT molecular complexity index is 632. The molecule has 2 rings (SSSR count). The second kappa shape index (κ2) is 6.87. The molecule has 0 aliphatic carbocycles. The third kappa shape index (κ3) is 4.16. The molecule has 0 aliphatic heterocycles. The van der Waals surface area contributed by atoms with Crippen LogP contribution in [0.3, 0.4) is 0 Å². The quantitative estimate of drug-likeness (QED) is 0.847. The molecule has 0 fully saturated rings. The van der Waals surface area contributed by atoms with Crippen molar-refractivity contribution in [2.24, 2.45) is 0 Å². The van der Waals surface area contributed by atoms with E-state index < -0.39 is 11.6 Å². The lowest BCUT2D eigenvalue weighted by molar-refractivity contribution is 0.428. The van der Waals surface area contributed by atoms with Crippen molar-refractivity contribution >= 4 is 11.6 Å². The molecule has 0 heterocycles. The number of hydrogen-bond donors (Lipinski definition) is 1. The third-order valence-electron chi connectivity index (χ3n) is 2.86. The van der Waals surface area contributed by atoms with Crippen LogP contribution in [0.2, 0.25) is 5.02 Å². The summed E-state index contributed by atoms with van der Waals surface area (Å²) >= 11 is 5.62. The van der Waals surface area contributed by atoms with Gasteiger partial charge in [0.05, 0.1) is 5.02 Å². The normalized spacial score (nSPS) is 11.0. The van der Waals surface area contributed by atoms with Gasteiger partial charge in [-0.3, -0.25) is 0 Å². The van der Waals surface area contributed by atoms with E-state index in [1.54, 1.807) is 12.1 Å². The lowest BCUT2D eigenvalue weighted by atomic mass is 10.2. The van der Waals surface area contributed by atoms with Gasteiger partial charge in [0.25, 0.3) is 0 Å². The molecule has 5 heteroatoms. The summed E-state index contributed by atoms with van der Waals surface area (Å²) in [5.41, 5.74) is 0.666. The fourth-order valence-electron chi connectivity index (χ4n) is 1.78. The highest BCUT2D eigenvalue weighted by Gasteiger charge is 2.12. The number of hydrogen-bond acceptors (Lipinski definition) is 2.